The first-order valence-corrected chi connectivity index (χ1v) is 27.7. The molecular formula is C53H79N13O11S2. The highest BCUT2D eigenvalue weighted by Crippen LogP contribution is 2.36. The van der Waals surface area contributed by atoms with Crippen LogP contribution in [0.15, 0.2) is 59.6 Å². The molecule has 2 aromatic carbocycles. The fraction of sp³-hybridized carbons (Fsp3) is 0.566. The van der Waals surface area contributed by atoms with E-state index in [1.165, 1.54) is 4.90 Å². The second kappa shape index (κ2) is 32.1. The molecule has 1 saturated carbocycles. The van der Waals surface area contributed by atoms with Gasteiger partial charge in [0.05, 0.1) is 19.6 Å². The monoisotopic (exact) mass is 1140 g/mol. The fourth-order valence-electron chi connectivity index (χ4n) is 9.36. The predicted molar refractivity (Wildman–Crippen MR) is 302 cm³/mol. The average Bonchev–Trinajstić information content (AvgIpc) is 3.90. The average molecular weight is 1140 g/mol. The van der Waals surface area contributed by atoms with Crippen LogP contribution in [-0.4, -0.2) is 149 Å². The van der Waals surface area contributed by atoms with Gasteiger partial charge < -0.3 is 69.8 Å². The lowest BCUT2D eigenvalue weighted by molar-refractivity contribution is -0.142. The molecule has 434 valence electrons. The molecule has 15 N–H and O–H groups in total. The van der Waals surface area contributed by atoms with Crippen molar-refractivity contribution < 1.29 is 52.7 Å². The Labute approximate surface area is 471 Å². The van der Waals surface area contributed by atoms with Crippen LogP contribution < -0.4 is 64.9 Å². The summed E-state index contributed by atoms with van der Waals surface area (Å²) in [5, 5.41) is 18.5. The summed E-state index contributed by atoms with van der Waals surface area (Å²) < 4.78 is 5.06. The molecule has 4 rings (SSSR count). The lowest BCUT2D eigenvalue weighted by atomic mass is 9.85. The molecule has 2 aliphatic rings. The van der Waals surface area contributed by atoms with Crippen LogP contribution in [0, 0.1) is 5.92 Å². The first kappa shape index (κ1) is 64.4. The van der Waals surface area contributed by atoms with Gasteiger partial charge in [-0.05, 0) is 74.6 Å². The van der Waals surface area contributed by atoms with E-state index in [0.717, 1.165) is 32.1 Å². The van der Waals surface area contributed by atoms with Gasteiger partial charge in [0, 0.05) is 42.9 Å². The summed E-state index contributed by atoms with van der Waals surface area (Å²) in [5.74, 6) is -8.20. The topological polar surface area (TPSA) is 384 Å². The second-order valence-electron chi connectivity index (χ2n) is 20.2. The minimum Gasteiger partial charge on any atom is -0.494 e. The van der Waals surface area contributed by atoms with Crippen LogP contribution in [0.5, 0.6) is 5.75 Å². The number of nitrogens with one attached hydrogen (secondary N) is 7. The third kappa shape index (κ3) is 21.6. The van der Waals surface area contributed by atoms with Crippen molar-refractivity contribution in [3.05, 3.63) is 65.7 Å². The lowest BCUT2D eigenvalue weighted by Crippen LogP contribution is -2.61. The summed E-state index contributed by atoms with van der Waals surface area (Å²) >= 11 is 9.17. The van der Waals surface area contributed by atoms with E-state index in [0.29, 0.717) is 29.9 Å². The molecule has 0 radical (unpaired) electrons. The van der Waals surface area contributed by atoms with E-state index >= 15 is 0 Å². The van der Waals surface area contributed by atoms with E-state index in [1.54, 1.807) is 68.4 Å². The minimum atomic E-state index is -1.67. The first-order chi connectivity index (χ1) is 37.5. The molecule has 2 aromatic rings. The van der Waals surface area contributed by atoms with Crippen molar-refractivity contribution in [3.63, 3.8) is 0 Å². The van der Waals surface area contributed by atoms with Crippen LogP contribution in [0.4, 0.5) is 0 Å². The Morgan fingerprint density at radius 3 is 1.89 bits per heavy atom. The van der Waals surface area contributed by atoms with Crippen LogP contribution in [0.2, 0.25) is 0 Å². The summed E-state index contributed by atoms with van der Waals surface area (Å²) in [7, 11) is 0. The number of nitrogens with zero attached hydrogens (tertiary/aromatic N) is 2. The number of hydrogen-bond acceptors (Lipinski definition) is 14. The molecule has 1 aliphatic carbocycles. The standard InChI is InChI=1S/C53H79N13O11S2/c1-4-77-34-19-17-33(18-20-34)26-36(60-43(69)28-53(79)21-9-6-10-22-53)46(71)62-37(25-32-13-7-5-8-14-32)48(73)65-44(31(2)3)50(75)63-38(27-41(54)67)47(72)64-39(30-78)51(76)66-24-12-16-40(66)49(74)61-35(15-11-23-58-52(56)57)45(70)59-29-42(55)68/h5,7-8,13-14,17-20,31,35-40,44,78-79H,4,6,9-12,15-16,21-30H2,1-3H3,(H2,54,67)(H2,55,68)(H,59,70)(H,60,69)(H,61,74)(H,62,71)(H,63,75)(H,64,72)(H,65,73)(H4,56,57,58)/t35-,36+,37-,38-,39+,40-,44-/m0/s1. The normalized spacial score (nSPS) is 17.0. The summed E-state index contributed by atoms with van der Waals surface area (Å²) in [4.78, 5) is 141. The smallest absolute Gasteiger partial charge is 0.246 e. The van der Waals surface area contributed by atoms with E-state index in [-0.39, 0.29) is 69.2 Å². The van der Waals surface area contributed by atoms with Gasteiger partial charge in [-0.15, -0.1) is 0 Å². The Morgan fingerprint density at radius 1 is 0.696 bits per heavy atom. The zero-order valence-electron chi connectivity index (χ0n) is 45.1. The summed E-state index contributed by atoms with van der Waals surface area (Å²) in [6, 6.07) is 6.75. The van der Waals surface area contributed by atoms with Gasteiger partial charge in [-0.3, -0.25) is 52.9 Å². The van der Waals surface area contributed by atoms with E-state index in [9.17, 15) is 47.9 Å². The number of guanidine groups is 1. The maximum atomic E-state index is 14.5. The molecule has 79 heavy (non-hydrogen) atoms. The number of carbonyl (C=O) groups is 10. The number of carbonyl (C=O) groups excluding carboxylic acids is 10. The molecule has 10 amide bonds. The zero-order chi connectivity index (χ0) is 58.2. The van der Waals surface area contributed by atoms with E-state index in [4.69, 9.17) is 40.3 Å². The number of ether oxygens (including phenoxy) is 1. The van der Waals surface area contributed by atoms with Gasteiger partial charge in [0.15, 0.2) is 5.96 Å². The highest BCUT2D eigenvalue weighted by atomic mass is 32.1. The predicted octanol–water partition coefficient (Wildman–Crippen LogP) is -1.09. The molecule has 0 bridgehead atoms. The Hall–Kier alpha value is -7.09. The van der Waals surface area contributed by atoms with Gasteiger partial charge in [0.1, 0.15) is 48.0 Å². The third-order valence-electron chi connectivity index (χ3n) is 13.5. The number of hydrogen-bond donors (Lipinski definition) is 13. The largest absolute Gasteiger partial charge is 0.494 e. The molecule has 1 aliphatic heterocycles. The number of benzene rings is 2. The van der Waals surface area contributed by atoms with E-state index in [1.807, 2.05) is 6.92 Å². The van der Waals surface area contributed by atoms with Gasteiger partial charge in [-0.1, -0.05) is 75.6 Å². The number of primary amides is 2. The van der Waals surface area contributed by atoms with E-state index in [2.05, 4.69) is 54.8 Å². The molecule has 26 heteroatoms. The number of likely N-dealkylation sites (tertiary alicyclic amines) is 1. The fourth-order valence-corrected chi connectivity index (χ4v) is 10.1. The molecular weight excluding hydrogens is 1060 g/mol. The Balaban J connectivity index is 1.52. The van der Waals surface area contributed by atoms with Crippen molar-refractivity contribution in [1.82, 2.24) is 42.1 Å². The van der Waals surface area contributed by atoms with Gasteiger partial charge in [-0.2, -0.15) is 25.3 Å². The van der Waals surface area contributed by atoms with Crippen LogP contribution in [0.3, 0.4) is 0 Å². The number of thiol groups is 2. The number of nitrogens with two attached hydrogens (primary N) is 4. The van der Waals surface area contributed by atoms with Crippen LogP contribution in [0.25, 0.3) is 0 Å². The van der Waals surface area contributed by atoms with Crippen molar-refractivity contribution in [3.8, 4) is 5.75 Å². The summed E-state index contributed by atoms with van der Waals surface area (Å²) in [5.41, 5.74) is 22.9. The molecule has 1 saturated heterocycles. The highest BCUT2D eigenvalue weighted by molar-refractivity contribution is 7.81. The maximum absolute atomic E-state index is 14.5. The molecule has 0 spiro atoms. The van der Waals surface area contributed by atoms with Crippen molar-refractivity contribution in [2.45, 2.75) is 151 Å². The van der Waals surface area contributed by atoms with Crippen molar-refractivity contribution in [2.75, 3.05) is 32.0 Å². The summed E-state index contributed by atoms with van der Waals surface area (Å²) in [6.45, 7) is 5.27. The molecule has 24 nitrogen and oxygen atoms in total. The van der Waals surface area contributed by atoms with Gasteiger partial charge >= 0.3 is 0 Å². The van der Waals surface area contributed by atoms with Gasteiger partial charge in [0.25, 0.3) is 0 Å². The van der Waals surface area contributed by atoms with Crippen LogP contribution >= 0.6 is 25.3 Å². The van der Waals surface area contributed by atoms with Crippen LogP contribution in [0.1, 0.15) is 103 Å². The lowest BCUT2D eigenvalue weighted by Gasteiger charge is -2.32. The molecule has 1 heterocycles. The minimum absolute atomic E-state index is 0.0345. The van der Waals surface area contributed by atoms with Crippen molar-refractivity contribution in [2.24, 2.45) is 33.8 Å². The zero-order valence-corrected chi connectivity index (χ0v) is 46.9. The molecule has 0 unspecified atom stereocenters. The van der Waals surface area contributed by atoms with Gasteiger partial charge in [-0.25, -0.2) is 0 Å². The number of amides is 10. The molecule has 0 aromatic heterocycles. The maximum Gasteiger partial charge on any atom is 0.246 e. The highest BCUT2D eigenvalue weighted by Gasteiger charge is 2.40. The van der Waals surface area contributed by atoms with Crippen LogP contribution in [-0.2, 0) is 60.8 Å². The van der Waals surface area contributed by atoms with E-state index < -0.39 is 119 Å². The Bertz CT molecular complexity index is 2460. The Kier molecular flexibility index (Phi) is 26.2. The quantitative estimate of drug-likeness (QED) is 0.0185. The summed E-state index contributed by atoms with van der Waals surface area (Å²) in [6.07, 6.45) is 4.62. The van der Waals surface area contributed by atoms with Crippen molar-refractivity contribution in [1.29, 1.82) is 0 Å². The molecule has 2 fully saturated rings. The second-order valence-corrected chi connectivity index (χ2v) is 21.5. The van der Waals surface area contributed by atoms with Gasteiger partial charge in [0.2, 0.25) is 59.1 Å². The third-order valence-corrected chi connectivity index (χ3v) is 14.4. The first-order valence-electron chi connectivity index (χ1n) is 26.6. The SMILES string of the molecule is CCOc1ccc(C[C@@H](NC(=O)CC2(S)CCCCC2)C(=O)N[C@@H](Cc2ccccc2)C(=O)N[C@H](C(=O)N[C@@H](CC(N)=O)C(=O)N[C@H](CS)C(=O)N2CCC[C@H]2C(=O)N[C@@H](CCCN=C(N)N)C(=O)NCC(N)=O)C(C)C)cc1. The number of rotatable bonds is 31. The molecule has 7 atom stereocenters. The Morgan fingerprint density at radius 2 is 1.29 bits per heavy atom. The van der Waals surface area contributed by atoms with Crippen molar-refractivity contribution >= 4 is 90.3 Å². The number of aliphatic imine (C=N–C) groups is 1.